The van der Waals surface area contributed by atoms with Crippen molar-refractivity contribution in [1.82, 2.24) is 0 Å². The van der Waals surface area contributed by atoms with Gasteiger partial charge in [0.05, 0.1) is 0 Å². The van der Waals surface area contributed by atoms with E-state index in [-0.39, 0.29) is 5.78 Å². The van der Waals surface area contributed by atoms with Crippen molar-refractivity contribution in [3.05, 3.63) is 59.7 Å². The average Bonchev–Trinajstić information content (AvgIpc) is 2.52. The van der Waals surface area contributed by atoms with Crippen LogP contribution in [0, 0.1) is 0 Å². The number of nitrogens with two attached hydrogens (primary N) is 1. The lowest BCUT2D eigenvalue weighted by Crippen LogP contribution is -2.26. The summed E-state index contributed by atoms with van der Waals surface area (Å²) < 4.78 is 5.79. The van der Waals surface area contributed by atoms with Crippen molar-refractivity contribution in [3.63, 3.8) is 0 Å². The highest BCUT2D eigenvalue weighted by Gasteiger charge is 2.20. The fourth-order valence-electron chi connectivity index (χ4n) is 2.16. The molecule has 0 aromatic heterocycles. The molecule has 0 aliphatic rings. The molecular weight excluding hydrogens is 262 g/mol. The van der Waals surface area contributed by atoms with Crippen molar-refractivity contribution in [1.29, 1.82) is 0 Å². The van der Waals surface area contributed by atoms with Crippen LogP contribution in [0.15, 0.2) is 48.5 Å². The summed E-state index contributed by atoms with van der Waals surface area (Å²) in [6.07, 6.45) is 1.09. The summed E-state index contributed by atoms with van der Waals surface area (Å²) in [5, 5.41) is 0. The van der Waals surface area contributed by atoms with Crippen molar-refractivity contribution in [2.24, 2.45) is 0 Å². The Morgan fingerprint density at radius 1 is 1.14 bits per heavy atom. The molecule has 2 aromatic carbocycles. The molecule has 0 spiro atoms. The molecule has 0 heterocycles. The van der Waals surface area contributed by atoms with E-state index >= 15 is 0 Å². The number of hydrogen-bond acceptors (Lipinski definition) is 3. The highest BCUT2D eigenvalue weighted by molar-refractivity contribution is 5.99. The first-order valence-electron chi connectivity index (χ1n) is 7.29. The van der Waals surface area contributed by atoms with E-state index < -0.39 is 6.10 Å². The zero-order chi connectivity index (χ0) is 15.2. The minimum absolute atomic E-state index is 0.00239. The van der Waals surface area contributed by atoms with Crippen molar-refractivity contribution in [2.75, 3.05) is 5.73 Å². The van der Waals surface area contributed by atoms with Crippen LogP contribution in [-0.4, -0.2) is 11.9 Å². The number of ketones is 1. The monoisotopic (exact) mass is 283 g/mol. The molecule has 0 aliphatic heterocycles. The number of ether oxygens (including phenoxy) is 1. The van der Waals surface area contributed by atoms with Gasteiger partial charge >= 0.3 is 0 Å². The smallest absolute Gasteiger partial charge is 0.203 e. The molecule has 0 amide bonds. The van der Waals surface area contributed by atoms with Gasteiger partial charge < -0.3 is 10.5 Å². The lowest BCUT2D eigenvalue weighted by atomic mass is 10.0. The maximum atomic E-state index is 12.5. The number of aryl methyl sites for hydroxylation is 1. The number of anilines is 1. The quantitative estimate of drug-likeness (QED) is 0.646. The average molecular weight is 283 g/mol. The van der Waals surface area contributed by atoms with E-state index in [1.807, 2.05) is 43.3 Å². The third kappa shape index (κ3) is 3.85. The minimum atomic E-state index is -0.487. The predicted molar refractivity (Wildman–Crippen MR) is 85.7 cm³/mol. The largest absolute Gasteiger partial charge is 0.482 e. The molecule has 21 heavy (non-hydrogen) atoms. The van der Waals surface area contributed by atoms with Crippen LogP contribution in [0.1, 0.15) is 36.2 Å². The number of hydrogen-bond donors (Lipinski definition) is 1. The highest BCUT2D eigenvalue weighted by atomic mass is 16.5. The first kappa shape index (κ1) is 15.1. The van der Waals surface area contributed by atoms with Crippen molar-refractivity contribution in [3.8, 4) is 5.75 Å². The summed E-state index contributed by atoms with van der Waals surface area (Å²) in [6, 6.07) is 14.9. The molecule has 0 aliphatic carbocycles. The van der Waals surface area contributed by atoms with Crippen LogP contribution < -0.4 is 10.5 Å². The second-order valence-electron chi connectivity index (χ2n) is 5.00. The molecule has 0 radical (unpaired) electrons. The van der Waals surface area contributed by atoms with Gasteiger partial charge in [0, 0.05) is 17.3 Å². The molecule has 1 atom stereocenters. The zero-order valence-corrected chi connectivity index (χ0v) is 12.5. The second kappa shape index (κ2) is 6.93. The van der Waals surface area contributed by atoms with Crippen molar-refractivity contribution >= 4 is 11.5 Å². The molecule has 0 bridgehead atoms. The van der Waals surface area contributed by atoms with E-state index in [2.05, 4.69) is 6.92 Å². The Labute approximate surface area is 125 Å². The Morgan fingerprint density at radius 3 is 2.43 bits per heavy atom. The van der Waals surface area contributed by atoms with Crippen LogP contribution in [0.5, 0.6) is 5.75 Å². The summed E-state index contributed by atoms with van der Waals surface area (Å²) in [6.45, 7) is 4.03. The van der Waals surface area contributed by atoms with Crippen LogP contribution in [0.2, 0.25) is 0 Å². The molecule has 2 aromatic rings. The Bertz CT molecular complexity index is 605. The fourth-order valence-corrected chi connectivity index (χ4v) is 2.16. The SMILES string of the molecule is CCc1ccc(C(=O)C(CC)Oc2cccc(N)c2)cc1. The van der Waals surface area contributed by atoms with Gasteiger partial charge in [-0.05, 0) is 30.5 Å². The number of rotatable bonds is 6. The first-order valence-corrected chi connectivity index (χ1v) is 7.29. The second-order valence-corrected chi connectivity index (χ2v) is 5.00. The topological polar surface area (TPSA) is 52.3 Å². The van der Waals surface area contributed by atoms with E-state index in [4.69, 9.17) is 10.5 Å². The Balaban J connectivity index is 2.14. The zero-order valence-electron chi connectivity index (χ0n) is 12.5. The van der Waals surface area contributed by atoms with Gasteiger partial charge in [-0.1, -0.05) is 44.2 Å². The van der Waals surface area contributed by atoms with Crippen LogP contribution in [0.25, 0.3) is 0 Å². The van der Waals surface area contributed by atoms with Gasteiger partial charge in [0.1, 0.15) is 5.75 Å². The molecule has 0 saturated heterocycles. The summed E-state index contributed by atoms with van der Waals surface area (Å²) in [7, 11) is 0. The van der Waals surface area contributed by atoms with Crippen LogP contribution in [0.4, 0.5) is 5.69 Å². The van der Waals surface area contributed by atoms with E-state index in [9.17, 15) is 4.79 Å². The van der Waals surface area contributed by atoms with Gasteiger partial charge in [0.15, 0.2) is 6.10 Å². The number of carbonyl (C=O) groups excluding carboxylic acids is 1. The summed E-state index contributed by atoms with van der Waals surface area (Å²) in [4.78, 5) is 12.5. The summed E-state index contributed by atoms with van der Waals surface area (Å²) in [5.41, 5.74) is 8.26. The maximum absolute atomic E-state index is 12.5. The first-order chi connectivity index (χ1) is 10.1. The summed E-state index contributed by atoms with van der Waals surface area (Å²) in [5.74, 6) is 0.628. The molecule has 2 rings (SSSR count). The van der Waals surface area contributed by atoms with Crippen LogP contribution in [-0.2, 0) is 6.42 Å². The molecule has 0 saturated carbocycles. The standard InChI is InChI=1S/C18H21NO2/c1-3-13-8-10-14(11-9-13)18(20)17(4-2)21-16-7-5-6-15(19)12-16/h5-12,17H,3-4,19H2,1-2H3. The van der Waals surface area contributed by atoms with E-state index in [1.165, 1.54) is 5.56 Å². The number of nitrogen functional groups attached to an aromatic ring is 1. The highest BCUT2D eigenvalue weighted by Crippen LogP contribution is 2.19. The Hall–Kier alpha value is -2.29. The lowest BCUT2D eigenvalue weighted by Gasteiger charge is -2.17. The fraction of sp³-hybridized carbons (Fsp3) is 0.278. The van der Waals surface area contributed by atoms with Crippen LogP contribution in [0.3, 0.4) is 0 Å². The third-order valence-electron chi connectivity index (χ3n) is 3.45. The number of Topliss-reactive ketones (excluding diaryl/α,β-unsaturated/α-hetero) is 1. The molecule has 0 fully saturated rings. The third-order valence-corrected chi connectivity index (χ3v) is 3.45. The van der Waals surface area contributed by atoms with Gasteiger partial charge in [0.2, 0.25) is 5.78 Å². The summed E-state index contributed by atoms with van der Waals surface area (Å²) >= 11 is 0. The normalized spacial score (nSPS) is 11.9. The molecule has 2 N–H and O–H groups in total. The molecule has 110 valence electrons. The number of benzene rings is 2. The Kier molecular flexibility index (Phi) is 4.99. The molecule has 3 heteroatoms. The molecule has 3 nitrogen and oxygen atoms in total. The molecule has 1 unspecified atom stereocenters. The van der Waals surface area contributed by atoms with E-state index in [0.717, 1.165) is 6.42 Å². The van der Waals surface area contributed by atoms with E-state index in [1.54, 1.807) is 12.1 Å². The number of carbonyl (C=O) groups is 1. The van der Waals surface area contributed by atoms with E-state index in [0.29, 0.717) is 23.4 Å². The van der Waals surface area contributed by atoms with Crippen LogP contribution >= 0.6 is 0 Å². The van der Waals surface area contributed by atoms with Gasteiger partial charge in [-0.15, -0.1) is 0 Å². The Morgan fingerprint density at radius 2 is 1.86 bits per heavy atom. The van der Waals surface area contributed by atoms with Gasteiger partial charge in [-0.3, -0.25) is 4.79 Å². The maximum Gasteiger partial charge on any atom is 0.203 e. The van der Waals surface area contributed by atoms with Gasteiger partial charge in [0.25, 0.3) is 0 Å². The van der Waals surface area contributed by atoms with Gasteiger partial charge in [-0.2, -0.15) is 0 Å². The van der Waals surface area contributed by atoms with Gasteiger partial charge in [-0.25, -0.2) is 0 Å². The van der Waals surface area contributed by atoms with Crippen molar-refractivity contribution in [2.45, 2.75) is 32.8 Å². The lowest BCUT2D eigenvalue weighted by molar-refractivity contribution is 0.0786. The minimum Gasteiger partial charge on any atom is -0.482 e. The predicted octanol–water partition coefficient (Wildman–Crippen LogP) is 3.87. The molecular formula is C18H21NO2. The van der Waals surface area contributed by atoms with Crippen molar-refractivity contribution < 1.29 is 9.53 Å².